The molecule has 1 atom stereocenters. The van der Waals surface area contributed by atoms with Crippen molar-refractivity contribution in [2.75, 3.05) is 21.3 Å². The van der Waals surface area contributed by atoms with Crippen LogP contribution in [0.4, 0.5) is 0 Å². The Morgan fingerprint density at radius 2 is 1.68 bits per heavy atom. The molecule has 0 amide bonds. The van der Waals surface area contributed by atoms with E-state index in [1.54, 1.807) is 14.2 Å². The van der Waals surface area contributed by atoms with E-state index < -0.39 is 0 Å². The van der Waals surface area contributed by atoms with Crippen LogP contribution in [0.15, 0.2) is 34.7 Å². The van der Waals surface area contributed by atoms with Gasteiger partial charge in [-0.1, -0.05) is 6.07 Å². The van der Waals surface area contributed by atoms with Crippen molar-refractivity contribution in [3.63, 3.8) is 0 Å². The van der Waals surface area contributed by atoms with Crippen LogP contribution in [0.3, 0.4) is 0 Å². The molecule has 1 heterocycles. The van der Waals surface area contributed by atoms with Crippen molar-refractivity contribution in [1.82, 2.24) is 5.32 Å². The van der Waals surface area contributed by atoms with Gasteiger partial charge in [0.1, 0.15) is 23.0 Å². The maximum atomic E-state index is 5.72. The van der Waals surface area contributed by atoms with Crippen LogP contribution in [-0.2, 0) is 0 Å². The third-order valence-electron chi connectivity index (χ3n) is 3.09. The first kappa shape index (κ1) is 13.5. The monoisotopic (exact) mass is 261 g/mol. The molecule has 1 aromatic heterocycles. The van der Waals surface area contributed by atoms with Crippen molar-refractivity contribution in [3.05, 3.63) is 47.4 Å². The molecule has 0 aliphatic carbocycles. The number of furan rings is 1. The van der Waals surface area contributed by atoms with E-state index >= 15 is 0 Å². The number of hydrogen-bond donors (Lipinski definition) is 1. The average Bonchev–Trinajstić information content (AvgIpc) is 2.86. The second-order valence-electron chi connectivity index (χ2n) is 4.25. The van der Waals surface area contributed by atoms with Crippen molar-refractivity contribution < 1.29 is 13.9 Å². The van der Waals surface area contributed by atoms with Crippen LogP contribution in [0, 0.1) is 6.92 Å². The van der Waals surface area contributed by atoms with E-state index in [1.165, 1.54) is 0 Å². The third-order valence-corrected chi connectivity index (χ3v) is 3.09. The van der Waals surface area contributed by atoms with Crippen LogP contribution in [0.2, 0.25) is 0 Å². The Morgan fingerprint density at radius 1 is 1.05 bits per heavy atom. The van der Waals surface area contributed by atoms with Gasteiger partial charge in [0.15, 0.2) is 0 Å². The molecular formula is C15H19NO3. The second-order valence-corrected chi connectivity index (χ2v) is 4.25. The number of nitrogens with one attached hydrogen (secondary N) is 1. The lowest BCUT2D eigenvalue weighted by Crippen LogP contribution is -2.18. The highest BCUT2D eigenvalue weighted by Gasteiger charge is 2.23. The summed E-state index contributed by atoms with van der Waals surface area (Å²) in [5.41, 5.74) is 0.935. The molecule has 0 radical (unpaired) electrons. The number of aryl methyl sites for hydroxylation is 1. The smallest absolute Gasteiger partial charge is 0.127 e. The van der Waals surface area contributed by atoms with Crippen LogP contribution < -0.4 is 14.8 Å². The van der Waals surface area contributed by atoms with Crippen LogP contribution in [-0.4, -0.2) is 21.3 Å². The Balaban J connectivity index is 2.53. The zero-order chi connectivity index (χ0) is 13.8. The summed E-state index contributed by atoms with van der Waals surface area (Å²) in [6, 6.07) is 9.53. The van der Waals surface area contributed by atoms with Crippen LogP contribution >= 0.6 is 0 Å². The Morgan fingerprint density at radius 3 is 2.11 bits per heavy atom. The first-order chi connectivity index (χ1) is 9.21. The first-order valence-electron chi connectivity index (χ1n) is 6.15. The molecule has 0 aliphatic rings. The van der Waals surface area contributed by atoms with E-state index in [4.69, 9.17) is 13.9 Å². The maximum absolute atomic E-state index is 5.72. The lowest BCUT2D eigenvalue weighted by molar-refractivity contribution is 0.367. The van der Waals surface area contributed by atoms with Crippen molar-refractivity contribution in [2.45, 2.75) is 13.0 Å². The molecule has 4 nitrogen and oxygen atoms in total. The second kappa shape index (κ2) is 5.80. The van der Waals surface area contributed by atoms with E-state index in [0.717, 1.165) is 28.6 Å². The van der Waals surface area contributed by atoms with Crippen LogP contribution in [0.25, 0.3) is 0 Å². The zero-order valence-corrected chi connectivity index (χ0v) is 11.7. The van der Waals surface area contributed by atoms with Gasteiger partial charge in [-0.2, -0.15) is 0 Å². The molecule has 0 saturated carbocycles. The molecule has 0 fully saturated rings. The van der Waals surface area contributed by atoms with E-state index in [9.17, 15) is 0 Å². The Bertz CT molecular complexity index is 526. The Hall–Kier alpha value is -1.94. The summed E-state index contributed by atoms with van der Waals surface area (Å²) in [5.74, 6) is 3.26. The molecule has 0 bridgehead atoms. The van der Waals surface area contributed by atoms with Gasteiger partial charge in [-0.05, 0) is 38.2 Å². The summed E-state index contributed by atoms with van der Waals surface area (Å²) in [7, 11) is 5.19. The molecule has 1 N–H and O–H groups in total. The number of ether oxygens (including phenoxy) is 2. The maximum Gasteiger partial charge on any atom is 0.127 e. The largest absolute Gasteiger partial charge is 0.496 e. The van der Waals surface area contributed by atoms with Gasteiger partial charge in [0.05, 0.1) is 25.8 Å². The SMILES string of the molecule is CNC(c1ccc(C)o1)c1c(OC)cccc1OC. The molecular weight excluding hydrogens is 242 g/mol. The molecule has 4 heteroatoms. The highest BCUT2D eigenvalue weighted by molar-refractivity contribution is 5.49. The fourth-order valence-corrected chi connectivity index (χ4v) is 2.20. The van der Waals surface area contributed by atoms with E-state index in [0.29, 0.717) is 0 Å². The van der Waals surface area contributed by atoms with Crippen LogP contribution in [0.1, 0.15) is 23.1 Å². The van der Waals surface area contributed by atoms with Gasteiger partial charge in [0, 0.05) is 0 Å². The summed E-state index contributed by atoms with van der Waals surface area (Å²) >= 11 is 0. The number of hydrogen-bond acceptors (Lipinski definition) is 4. The predicted octanol–water partition coefficient (Wildman–Crippen LogP) is 2.91. The highest BCUT2D eigenvalue weighted by Crippen LogP contribution is 2.37. The molecule has 2 aromatic rings. The number of rotatable bonds is 5. The van der Waals surface area contributed by atoms with Crippen molar-refractivity contribution >= 4 is 0 Å². The summed E-state index contributed by atoms with van der Waals surface area (Å²) in [4.78, 5) is 0. The first-order valence-corrected chi connectivity index (χ1v) is 6.15. The molecule has 0 spiro atoms. The van der Waals surface area contributed by atoms with E-state index in [2.05, 4.69) is 5.32 Å². The van der Waals surface area contributed by atoms with E-state index in [-0.39, 0.29) is 6.04 Å². The topological polar surface area (TPSA) is 43.6 Å². The van der Waals surface area contributed by atoms with Gasteiger partial charge in [0.25, 0.3) is 0 Å². The summed E-state index contributed by atoms with van der Waals surface area (Å²) in [6.45, 7) is 1.93. The quantitative estimate of drug-likeness (QED) is 0.898. The molecule has 0 aliphatic heterocycles. The van der Waals surface area contributed by atoms with Gasteiger partial charge in [-0.25, -0.2) is 0 Å². The molecule has 2 rings (SSSR count). The molecule has 102 valence electrons. The lowest BCUT2D eigenvalue weighted by Gasteiger charge is -2.20. The lowest BCUT2D eigenvalue weighted by atomic mass is 10.0. The number of benzene rings is 1. The van der Waals surface area contributed by atoms with Crippen molar-refractivity contribution in [3.8, 4) is 11.5 Å². The minimum absolute atomic E-state index is 0.111. The molecule has 1 aromatic carbocycles. The minimum Gasteiger partial charge on any atom is -0.496 e. The molecule has 1 unspecified atom stereocenters. The van der Waals surface area contributed by atoms with Gasteiger partial charge in [0.2, 0.25) is 0 Å². The fraction of sp³-hybridized carbons (Fsp3) is 0.333. The van der Waals surface area contributed by atoms with Crippen molar-refractivity contribution in [1.29, 1.82) is 0 Å². The standard InChI is InChI=1S/C15H19NO3/c1-10-8-9-13(19-10)15(16-2)14-11(17-3)6-5-7-12(14)18-4/h5-9,15-16H,1-4H3. The van der Waals surface area contributed by atoms with Crippen molar-refractivity contribution in [2.24, 2.45) is 0 Å². The zero-order valence-electron chi connectivity index (χ0n) is 11.7. The van der Waals surface area contributed by atoms with Gasteiger partial charge < -0.3 is 19.2 Å². The molecule has 19 heavy (non-hydrogen) atoms. The molecule has 0 saturated heterocycles. The summed E-state index contributed by atoms with van der Waals surface area (Å²) < 4.78 is 16.6. The Kier molecular flexibility index (Phi) is 4.12. The van der Waals surface area contributed by atoms with Gasteiger partial charge in [-0.3, -0.25) is 0 Å². The normalized spacial score (nSPS) is 12.2. The van der Waals surface area contributed by atoms with Gasteiger partial charge in [-0.15, -0.1) is 0 Å². The fourth-order valence-electron chi connectivity index (χ4n) is 2.20. The summed E-state index contributed by atoms with van der Waals surface area (Å²) in [6.07, 6.45) is 0. The average molecular weight is 261 g/mol. The highest BCUT2D eigenvalue weighted by atomic mass is 16.5. The van der Waals surface area contributed by atoms with E-state index in [1.807, 2.05) is 44.3 Å². The minimum atomic E-state index is -0.111. The predicted molar refractivity (Wildman–Crippen MR) is 73.9 cm³/mol. The number of methoxy groups -OCH3 is 2. The summed E-state index contributed by atoms with van der Waals surface area (Å²) in [5, 5.41) is 3.24. The van der Waals surface area contributed by atoms with Gasteiger partial charge >= 0.3 is 0 Å². The third kappa shape index (κ3) is 2.58. The van der Waals surface area contributed by atoms with Crippen LogP contribution in [0.5, 0.6) is 11.5 Å². The Labute approximate surface area is 113 Å².